The highest BCUT2D eigenvalue weighted by atomic mass is 35.5. The van der Waals surface area contributed by atoms with Crippen LogP contribution >= 0.6 is 23.4 Å². The Hall–Kier alpha value is -1.99. The molecule has 0 spiro atoms. The van der Waals surface area contributed by atoms with Gasteiger partial charge in [0.1, 0.15) is 12.0 Å². The number of pyridine rings is 1. The molecule has 0 aromatic carbocycles. The van der Waals surface area contributed by atoms with Gasteiger partial charge in [-0.25, -0.2) is 9.97 Å². The first-order valence-corrected chi connectivity index (χ1v) is 7.32. The number of nitrogens with one attached hydrogen (secondary N) is 1. The zero-order valence-electron chi connectivity index (χ0n) is 10.9. The molecule has 108 valence electrons. The van der Waals surface area contributed by atoms with Crippen molar-refractivity contribution in [1.82, 2.24) is 15.0 Å². The summed E-state index contributed by atoms with van der Waals surface area (Å²) < 4.78 is 10.2. The van der Waals surface area contributed by atoms with Crippen LogP contribution in [-0.4, -0.2) is 22.1 Å². The van der Waals surface area contributed by atoms with Gasteiger partial charge < -0.3 is 14.1 Å². The highest BCUT2D eigenvalue weighted by molar-refractivity contribution is 7.98. The molecule has 0 aliphatic heterocycles. The van der Waals surface area contributed by atoms with Crippen molar-refractivity contribution in [3.8, 4) is 5.75 Å². The van der Waals surface area contributed by atoms with E-state index < -0.39 is 0 Å². The fourth-order valence-electron chi connectivity index (χ4n) is 1.72. The molecule has 3 aromatic heterocycles. The van der Waals surface area contributed by atoms with E-state index in [9.17, 15) is 4.79 Å². The summed E-state index contributed by atoms with van der Waals surface area (Å²) in [6.45, 7) is 0. The average molecular weight is 324 g/mol. The molecular formula is C13H10ClN3O3S. The van der Waals surface area contributed by atoms with Crippen molar-refractivity contribution >= 4 is 34.5 Å². The van der Waals surface area contributed by atoms with Gasteiger partial charge in [0.25, 0.3) is 0 Å². The van der Waals surface area contributed by atoms with Crippen LogP contribution in [0.25, 0.3) is 11.2 Å². The normalized spacial score (nSPS) is 11.0. The summed E-state index contributed by atoms with van der Waals surface area (Å²) in [5.74, 6) is 1.19. The van der Waals surface area contributed by atoms with E-state index in [2.05, 4.69) is 15.0 Å². The summed E-state index contributed by atoms with van der Waals surface area (Å²) in [5, 5.41) is 1.22. The van der Waals surface area contributed by atoms with Gasteiger partial charge in [0.05, 0.1) is 23.4 Å². The maximum absolute atomic E-state index is 11.6. The van der Waals surface area contributed by atoms with Gasteiger partial charge in [-0.15, -0.1) is 0 Å². The number of ether oxygens (including phenoxy) is 1. The second-order valence-corrected chi connectivity index (χ2v) is 5.53. The van der Waals surface area contributed by atoms with Crippen LogP contribution in [0.3, 0.4) is 0 Å². The first-order chi connectivity index (χ1) is 10.2. The number of H-pyrrole nitrogens is 1. The minimum atomic E-state index is -0.211. The zero-order chi connectivity index (χ0) is 14.8. The SMILES string of the molecule is COc1coc(CSc2nc3ncc(Cl)cc3[nH]2)cc1=O. The Morgan fingerprint density at radius 2 is 2.33 bits per heavy atom. The number of fused-ring (bicyclic) bond motifs is 1. The Kier molecular flexibility index (Phi) is 3.85. The molecule has 3 heterocycles. The van der Waals surface area contributed by atoms with E-state index in [-0.39, 0.29) is 11.2 Å². The monoisotopic (exact) mass is 323 g/mol. The molecule has 0 saturated heterocycles. The Bertz CT molecular complexity index is 846. The lowest BCUT2D eigenvalue weighted by Crippen LogP contribution is -2.04. The van der Waals surface area contributed by atoms with Crippen molar-refractivity contribution in [3.05, 3.63) is 45.6 Å². The molecule has 8 heteroatoms. The Balaban J connectivity index is 1.77. The summed E-state index contributed by atoms with van der Waals surface area (Å²) in [6.07, 6.45) is 2.85. The number of hydrogen-bond donors (Lipinski definition) is 1. The Morgan fingerprint density at radius 3 is 3.10 bits per heavy atom. The predicted octanol–water partition coefficient (Wildman–Crippen LogP) is 2.87. The minimum Gasteiger partial charge on any atom is -0.490 e. The first kappa shape index (κ1) is 14.0. The van der Waals surface area contributed by atoms with Gasteiger partial charge in [0, 0.05) is 12.3 Å². The molecule has 0 amide bonds. The molecule has 1 N–H and O–H groups in total. The second-order valence-electron chi connectivity index (χ2n) is 4.13. The van der Waals surface area contributed by atoms with Crippen LogP contribution in [0, 0.1) is 0 Å². The number of thioether (sulfide) groups is 1. The van der Waals surface area contributed by atoms with Crippen molar-refractivity contribution in [2.75, 3.05) is 7.11 Å². The molecule has 3 rings (SSSR count). The summed E-state index contributed by atoms with van der Waals surface area (Å²) in [4.78, 5) is 23.2. The number of aromatic nitrogens is 3. The van der Waals surface area contributed by atoms with Crippen molar-refractivity contribution in [2.45, 2.75) is 10.9 Å². The number of nitrogens with zero attached hydrogens (tertiary/aromatic N) is 2. The van der Waals surface area contributed by atoms with Crippen LogP contribution in [0.1, 0.15) is 5.76 Å². The molecule has 6 nitrogen and oxygen atoms in total. The van der Waals surface area contributed by atoms with E-state index in [4.69, 9.17) is 20.8 Å². The number of methoxy groups -OCH3 is 1. The van der Waals surface area contributed by atoms with Gasteiger partial charge in [-0.05, 0) is 6.07 Å². The minimum absolute atomic E-state index is 0.186. The van der Waals surface area contributed by atoms with Crippen LogP contribution in [0.2, 0.25) is 5.02 Å². The molecular weight excluding hydrogens is 314 g/mol. The number of rotatable bonds is 4. The van der Waals surface area contributed by atoms with Gasteiger partial charge in [-0.3, -0.25) is 4.79 Å². The van der Waals surface area contributed by atoms with E-state index >= 15 is 0 Å². The van der Waals surface area contributed by atoms with Gasteiger partial charge in [-0.2, -0.15) is 0 Å². The summed E-state index contributed by atoms with van der Waals surface area (Å²) >= 11 is 7.27. The number of hydrogen-bond acceptors (Lipinski definition) is 6. The van der Waals surface area contributed by atoms with Gasteiger partial charge in [0.2, 0.25) is 11.2 Å². The third-order valence-electron chi connectivity index (χ3n) is 2.71. The molecule has 0 bridgehead atoms. The van der Waals surface area contributed by atoms with Gasteiger partial charge >= 0.3 is 0 Å². The summed E-state index contributed by atoms with van der Waals surface area (Å²) in [7, 11) is 1.42. The van der Waals surface area contributed by atoms with Crippen LogP contribution < -0.4 is 10.2 Å². The topological polar surface area (TPSA) is 81.0 Å². The molecule has 0 aliphatic rings. The van der Waals surface area contributed by atoms with E-state index in [0.717, 1.165) is 5.52 Å². The average Bonchev–Trinajstić information content (AvgIpc) is 2.87. The van der Waals surface area contributed by atoms with E-state index in [0.29, 0.717) is 27.3 Å². The molecule has 3 aromatic rings. The lowest BCUT2D eigenvalue weighted by Gasteiger charge is -2.00. The standard InChI is InChI=1S/C13H10ClN3O3S/c1-19-11-5-20-8(3-10(11)18)6-21-13-16-9-2-7(14)4-15-12(9)17-13/h2-5H,6H2,1H3,(H,15,16,17). The molecule has 0 fully saturated rings. The molecule has 0 aliphatic carbocycles. The maximum Gasteiger partial charge on any atom is 0.227 e. The number of halogens is 1. The molecule has 21 heavy (non-hydrogen) atoms. The number of aromatic amines is 1. The van der Waals surface area contributed by atoms with Crippen LogP contribution in [0.15, 0.2) is 39.0 Å². The molecule has 0 unspecified atom stereocenters. The van der Waals surface area contributed by atoms with Gasteiger partial charge in [0.15, 0.2) is 10.8 Å². The third kappa shape index (κ3) is 3.03. The van der Waals surface area contributed by atoms with Crippen LogP contribution in [0.5, 0.6) is 5.75 Å². The van der Waals surface area contributed by atoms with Crippen LogP contribution in [-0.2, 0) is 5.75 Å². The third-order valence-corrected chi connectivity index (χ3v) is 3.81. The van der Waals surface area contributed by atoms with Crippen molar-refractivity contribution in [1.29, 1.82) is 0 Å². The maximum atomic E-state index is 11.6. The Labute approximate surface area is 128 Å². The van der Waals surface area contributed by atoms with E-state index in [1.54, 1.807) is 12.3 Å². The Morgan fingerprint density at radius 1 is 1.48 bits per heavy atom. The fourth-order valence-corrected chi connectivity index (χ4v) is 2.64. The first-order valence-electron chi connectivity index (χ1n) is 5.95. The smallest absolute Gasteiger partial charge is 0.227 e. The quantitative estimate of drug-likeness (QED) is 0.743. The summed E-state index contributed by atoms with van der Waals surface area (Å²) in [6, 6.07) is 3.16. The van der Waals surface area contributed by atoms with Crippen molar-refractivity contribution in [3.63, 3.8) is 0 Å². The van der Waals surface area contributed by atoms with Crippen molar-refractivity contribution in [2.24, 2.45) is 0 Å². The lowest BCUT2D eigenvalue weighted by molar-refractivity contribution is 0.381. The summed E-state index contributed by atoms with van der Waals surface area (Å²) in [5.41, 5.74) is 1.15. The highest BCUT2D eigenvalue weighted by Crippen LogP contribution is 2.23. The van der Waals surface area contributed by atoms with E-state index in [1.165, 1.54) is 31.2 Å². The molecule has 0 atom stereocenters. The van der Waals surface area contributed by atoms with Crippen LogP contribution in [0.4, 0.5) is 0 Å². The van der Waals surface area contributed by atoms with Crippen molar-refractivity contribution < 1.29 is 9.15 Å². The molecule has 0 radical (unpaired) electrons. The lowest BCUT2D eigenvalue weighted by atomic mass is 10.4. The number of imidazole rings is 1. The molecule has 0 saturated carbocycles. The van der Waals surface area contributed by atoms with E-state index in [1.807, 2.05) is 0 Å². The largest absolute Gasteiger partial charge is 0.490 e. The predicted molar refractivity (Wildman–Crippen MR) is 80.0 cm³/mol. The second kappa shape index (κ2) is 5.79. The fraction of sp³-hybridized carbons (Fsp3) is 0.154. The zero-order valence-corrected chi connectivity index (χ0v) is 12.5. The highest BCUT2D eigenvalue weighted by Gasteiger charge is 2.08. The van der Waals surface area contributed by atoms with Gasteiger partial charge in [-0.1, -0.05) is 23.4 Å².